The van der Waals surface area contributed by atoms with Gasteiger partial charge in [0.05, 0.1) is 11.8 Å². The second-order valence-corrected chi connectivity index (χ2v) is 6.67. The van der Waals surface area contributed by atoms with Gasteiger partial charge in [0.25, 0.3) is 0 Å². The summed E-state index contributed by atoms with van der Waals surface area (Å²) in [4.78, 5) is 0. The van der Waals surface area contributed by atoms with Crippen molar-refractivity contribution in [3.63, 3.8) is 0 Å². The maximum atomic E-state index is 10.4. The number of nitrogens with zero attached hydrogens (tertiary/aromatic N) is 2. The second-order valence-electron chi connectivity index (χ2n) is 6.67. The van der Waals surface area contributed by atoms with Crippen LogP contribution in [0.3, 0.4) is 0 Å². The lowest BCUT2D eigenvalue weighted by Gasteiger charge is -2.36. The van der Waals surface area contributed by atoms with Crippen molar-refractivity contribution < 1.29 is 5.11 Å². The van der Waals surface area contributed by atoms with Crippen LogP contribution in [0.5, 0.6) is 0 Å². The van der Waals surface area contributed by atoms with E-state index in [-0.39, 0.29) is 6.10 Å². The highest BCUT2D eigenvalue weighted by Crippen LogP contribution is 2.39. The van der Waals surface area contributed by atoms with Crippen LogP contribution in [0.4, 0.5) is 0 Å². The van der Waals surface area contributed by atoms with E-state index in [1.807, 2.05) is 18.7 Å². The number of aryl methyl sites for hydroxylation is 2. The molecular weight excluding hydrogens is 224 g/mol. The van der Waals surface area contributed by atoms with Gasteiger partial charge in [0.15, 0.2) is 0 Å². The topological polar surface area (TPSA) is 38.0 Å². The molecule has 1 unspecified atom stereocenters. The fourth-order valence-electron chi connectivity index (χ4n) is 3.04. The molecule has 0 radical (unpaired) electrons. The minimum Gasteiger partial charge on any atom is -0.392 e. The Labute approximate surface area is 110 Å². The van der Waals surface area contributed by atoms with Gasteiger partial charge < -0.3 is 5.11 Å². The SMILES string of the molecule is Cc1cc(CC(O)C2CCC(C)(C)CC2)n(C)n1. The minimum absolute atomic E-state index is 0.212. The van der Waals surface area contributed by atoms with Gasteiger partial charge in [-0.25, -0.2) is 0 Å². The molecule has 1 atom stereocenters. The Morgan fingerprint density at radius 2 is 2.06 bits per heavy atom. The monoisotopic (exact) mass is 250 g/mol. The molecule has 1 aromatic heterocycles. The molecule has 3 nitrogen and oxygen atoms in total. The Kier molecular flexibility index (Phi) is 3.81. The van der Waals surface area contributed by atoms with E-state index in [0.29, 0.717) is 11.3 Å². The first-order valence-corrected chi connectivity index (χ1v) is 7.05. The molecule has 102 valence electrons. The van der Waals surface area contributed by atoms with Gasteiger partial charge in [-0.05, 0) is 50.0 Å². The molecule has 0 aromatic carbocycles. The fraction of sp³-hybridized carbons (Fsp3) is 0.800. The summed E-state index contributed by atoms with van der Waals surface area (Å²) in [7, 11) is 1.96. The van der Waals surface area contributed by atoms with E-state index in [4.69, 9.17) is 0 Å². The third kappa shape index (κ3) is 3.14. The zero-order valence-electron chi connectivity index (χ0n) is 12.1. The number of hydrogen-bond donors (Lipinski definition) is 1. The third-order valence-electron chi connectivity index (χ3n) is 4.45. The minimum atomic E-state index is -0.212. The van der Waals surface area contributed by atoms with Crippen LogP contribution < -0.4 is 0 Å². The van der Waals surface area contributed by atoms with Crippen LogP contribution in [0, 0.1) is 18.3 Å². The van der Waals surface area contributed by atoms with Crippen LogP contribution in [0.1, 0.15) is 50.9 Å². The van der Waals surface area contributed by atoms with Crippen molar-refractivity contribution in [2.75, 3.05) is 0 Å². The van der Waals surface area contributed by atoms with E-state index in [0.717, 1.165) is 30.7 Å². The molecular formula is C15H26N2O. The molecule has 0 bridgehead atoms. The maximum absolute atomic E-state index is 10.4. The number of aliphatic hydroxyl groups excluding tert-OH is 1. The summed E-state index contributed by atoms with van der Waals surface area (Å²) >= 11 is 0. The Balaban J connectivity index is 1.93. The van der Waals surface area contributed by atoms with Crippen LogP contribution in [0.2, 0.25) is 0 Å². The van der Waals surface area contributed by atoms with E-state index < -0.39 is 0 Å². The molecule has 18 heavy (non-hydrogen) atoms. The number of rotatable bonds is 3. The predicted octanol–water partition coefficient (Wildman–Crippen LogP) is 2.85. The van der Waals surface area contributed by atoms with Gasteiger partial charge in [-0.2, -0.15) is 5.10 Å². The van der Waals surface area contributed by atoms with Gasteiger partial charge in [-0.15, -0.1) is 0 Å². The Morgan fingerprint density at radius 3 is 2.56 bits per heavy atom. The summed E-state index contributed by atoms with van der Waals surface area (Å²) < 4.78 is 1.89. The first-order chi connectivity index (χ1) is 8.37. The highest BCUT2D eigenvalue weighted by atomic mass is 16.3. The molecule has 0 spiro atoms. The lowest BCUT2D eigenvalue weighted by molar-refractivity contribution is 0.0564. The zero-order chi connectivity index (χ0) is 13.3. The summed E-state index contributed by atoms with van der Waals surface area (Å²) in [6.07, 6.45) is 5.31. The molecule has 2 rings (SSSR count). The van der Waals surface area contributed by atoms with Gasteiger partial charge in [0.2, 0.25) is 0 Å². The van der Waals surface area contributed by atoms with Crippen molar-refractivity contribution in [1.29, 1.82) is 0 Å². The standard InChI is InChI=1S/C15H26N2O/c1-11-9-13(17(4)16-11)10-14(18)12-5-7-15(2,3)8-6-12/h9,12,14,18H,5-8,10H2,1-4H3. The highest BCUT2D eigenvalue weighted by Gasteiger charge is 2.30. The summed E-state index contributed by atoms with van der Waals surface area (Å²) in [6.45, 7) is 6.67. The number of aliphatic hydroxyl groups is 1. The molecule has 1 saturated carbocycles. The third-order valence-corrected chi connectivity index (χ3v) is 4.45. The lowest BCUT2D eigenvalue weighted by Crippen LogP contribution is -2.30. The fourth-order valence-corrected chi connectivity index (χ4v) is 3.04. The second kappa shape index (κ2) is 5.04. The van der Waals surface area contributed by atoms with Crippen molar-refractivity contribution in [3.8, 4) is 0 Å². The molecule has 0 aliphatic heterocycles. The first-order valence-electron chi connectivity index (χ1n) is 7.05. The largest absolute Gasteiger partial charge is 0.392 e. The molecule has 1 fully saturated rings. The molecule has 0 amide bonds. The van der Waals surface area contributed by atoms with E-state index in [2.05, 4.69) is 25.0 Å². The van der Waals surface area contributed by atoms with Crippen LogP contribution >= 0.6 is 0 Å². The summed E-state index contributed by atoms with van der Waals surface area (Å²) in [6, 6.07) is 2.08. The Hall–Kier alpha value is -0.830. The van der Waals surface area contributed by atoms with Crippen LogP contribution in [0.25, 0.3) is 0 Å². The van der Waals surface area contributed by atoms with Gasteiger partial charge >= 0.3 is 0 Å². The Morgan fingerprint density at radius 1 is 1.44 bits per heavy atom. The van der Waals surface area contributed by atoms with Crippen LogP contribution in [0.15, 0.2) is 6.07 Å². The first kappa shape index (κ1) is 13.6. The van der Waals surface area contributed by atoms with Crippen molar-refractivity contribution in [2.24, 2.45) is 18.4 Å². The number of hydrogen-bond acceptors (Lipinski definition) is 2. The molecule has 3 heteroatoms. The zero-order valence-corrected chi connectivity index (χ0v) is 12.1. The highest BCUT2D eigenvalue weighted by molar-refractivity contribution is 5.09. The van der Waals surface area contributed by atoms with Crippen molar-refractivity contribution >= 4 is 0 Å². The van der Waals surface area contributed by atoms with E-state index in [9.17, 15) is 5.11 Å². The van der Waals surface area contributed by atoms with Gasteiger partial charge in [0, 0.05) is 19.2 Å². The molecule has 0 saturated heterocycles. The predicted molar refractivity (Wildman–Crippen MR) is 73.4 cm³/mol. The van der Waals surface area contributed by atoms with Crippen molar-refractivity contribution in [1.82, 2.24) is 9.78 Å². The quantitative estimate of drug-likeness (QED) is 0.895. The van der Waals surface area contributed by atoms with Crippen molar-refractivity contribution in [3.05, 3.63) is 17.5 Å². The molecule has 1 aliphatic rings. The van der Waals surface area contributed by atoms with Gasteiger partial charge in [-0.1, -0.05) is 13.8 Å². The molecule has 1 aromatic rings. The summed E-state index contributed by atoms with van der Waals surface area (Å²) in [5.41, 5.74) is 2.65. The Bertz CT molecular complexity index is 399. The molecule has 1 N–H and O–H groups in total. The average molecular weight is 250 g/mol. The van der Waals surface area contributed by atoms with Crippen LogP contribution in [-0.2, 0) is 13.5 Å². The van der Waals surface area contributed by atoms with E-state index >= 15 is 0 Å². The van der Waals surface area contributed by atoms with Gasteiger partial charge in [0.1, 0.15) is 0 Å². The molecule has 1 heterocycles. The van der Waals surface area contributed by atoms with Crippen LogP contribution in [-0.4, -0.2) is 21.0 Å². The summed E-state index contributed by atoms with van der Waals surface area (Å²) in [5.74, 6) is 0.466. The number of aromatic nitrogens is 2. The van der Waals surface area contributed by atoms with E-state index in [1.165, 1.54) is 12.8 Å². The van der Waals surface area contributed by atoms with E-state index in [1.54, 1.807) is 0 Å². The smallest absolute Gasteiger partial charge is 0.0623 e. The average Bonchev–Trinajstić information content (AvgIpc) is 2.57. The molecule has 1 aliphatic carbocycles. The lowest BCUT2D eigenvalue weighted by atomic mass is 9.71. The van der Waals surface area contributed by atoms with Crippen molar-refractivity contribution in [2.45, 2.75) is 59.0 Å². The normalized spacial score (nSPS) is 22.1. The summed E-state index contributed by atoms with van der Waals surface area (Å²) in [5, 5.41) is 14.7. The maximum Gasteiger partial charge on any atom is 0.0623 e. The van der Waals surface area contributed by atoms with Gasteiger partial charge in [-0.3, -0.25) is 4.68 Å².